The van der Waals surface area contributed by atoms with E-state index in [1.165, 1.54) is 17.3 Å². The summed E-state index contributed by atoms with van der Waals surface area (Å²) in [5.41, 5.74) is 0. The van der Waals surface area contributed by atoms with E-state index < -0.39 is 0 Å². The lowest BCUT2D eigenvalue weighted by Crippen LogP contribution is -2.36. The Morgan fingerprint density at radius 2 is 2.33 bits per heavy atom. The predicted octanol–water partition coefficient (Wildman–Crippen LogP) is 2.36. The standard InChI is InChI=1S/C12H22N4S2/c1-4-13-11(10-7-17-5-6-18-10)12-14-8-15-16(12)9(2)3/h8-11,13H,4-7H2,1-3H3. The van der Waals surface area contributed by atoms with Crippen LogP contribution in [0.15, 0.2) is 6.33 Å². The van der Waals surface area contributed by atoms with Crippen LogP contribution in [0, 0.1) is 0 Å². The summed E-state index contributed by atoms with van der Waals surface area (Å²) < 4.78 is 2.05. The lowest BCUT2D eigenvalue weighted by atomic mass is 10.2. The minimum absolute atomic E-state index is 0.317. The van der Waals surface area contributed by atoms with E-state index in [9.17, 15) is 0 Å². The van der Waals surface area contributed by atoms with Crippen molar-refractivity contribution in [3.63, 3.8) is 0 Å². The molecule has 102 valence electrons. The fourth-order valence-electron chi connectivity index (χ4n) is 2.19. The average Bonchev–Trinajstić information content (AvgIpc) is 2.86. The molecular formula is C12H22N4S2. The first kappa shape index (κ1) is 14.2. The maximum absolute atomic E-state index is 4.50. The fourth-order valence-corrected chi connectivity index (χ4v) is 5.02. The normalized spacial score (nSPS) is 22.3. The zero-order valence-electron chi connectivity index (χ0n) is 11.3. The highest BCUT2D eigenvalue weighted by Gasteiger charge is 2.29. The van der Waals surface area contributed by atoms with Crippen LogP contribution in [0.25, 0.3) is 0 Å². The second kappa shape index (κ2) is 6.82. The first-order valence-electron chi connectivity index (χ1n) is 6.56. The Morgan fingerprint density at radius 1 is 1.50 bits per heavy atom. The van der Waals surface area contributed by atoms with Gasteiger partial charge in [-0.3, -0.25) is 0 Å². The smallest absolute Gasteiger partial charge is 0.145 e. The Kier molecular flexibility index (Phi) is 5.38. The van der Waals surface area contributed by atoms with Crippen molar-refractivity contribution < 1.29 is 0 Å². The zero-order valence-corrected chi connectivity index (χ0v) is 12.9. The number of rotatable bonds is 5. The van der Waals surface area contributed by atoms with Gasteiger partial charge in [-0.1, -0.05) is 6.92 Å². The van der Waals surface area contributed by atoms with Gasteiger partial charge in [0.2, 0.25) is 0 Å². The summed E-state index contributed by atoms with van der Waals surface area (Å²) >= 11 is 4.12. The molecule has 2 atom stereocenters. The molecule has 0 bridgehead atoms. The molecule has 1 N–H and O–H groups in total. The molecule has 0 saturated carbocycles. The van der Waals surface area contributed by atoms with Crippen LogP contribution in [0.2, 0.25) is 0 Å². The van der Waals surface area contributed by atoms with Crippen LogP contribution >= 0.6 is 23.5 Å². The summed E-state index contributed by atoms with van der Waals surface area (Å²) in [5.74, 6) is 4.81. The van der Waals surface area contributed by atoms with Crippen molar-refractivity contribution in [3.8, 4) is 0 Å². The van der Waals surface area contributed by atoms with Crippen LogP contribution in [0.4, 0.5) is 0 Å². The minimum atomic E-state index is 0.317. The summed E-state index contributed by atoms with van der Waals surface area (Å²) in [4.78, 5) is 4.50. The summed E-state index contributed by atoms with van der Waals surface area (Å²) in [7, 11) is 0. The van der Waals surface area contributed by atoms with Gasteiger partial charge in [0.1, 0.15) is 12.2 Å². The molecule has 0 aliphatic carbocycles. The van der Waals surface area contributed by atoms with Crippen molar-refractivity contribution >= 4 is 23.5 Å². The number of thioether (sulfide) groups is 2. The van der Waals surface area contributed by atoms with Gasteiger partial charge in [-0.2, -0.15) is 28.6 Å². The lowest BCUT2D eigenvalue weighted by Gasteiger charge is -2.30. The molecule has 18 heavy (non-hydrogen) atoms. The van der Waals surface area contributed by atoms with Crippen LogP contribution in [-0.4, -0.2) is 43.8 Å². The van der Waals surface area contributed by atoms with Crippen molar-refractivity contribution in [3.05, 3.63) is 12.2 Å². The molecule has 1 aliphatic heterocycles. The van der Waals surface area contributed by atoms with E-state index in [1.807, 2.05) is 4.68 Å². The lowest BCUT2D eigenvalue weighted by molar-refractivity contribution is 0.440. The number of hydrogen-bond donors (Lipinski definition) is 1. The molecule has 0 amide bonds. The summed E-state index contributed by atoms with van der Waals surface area (Å²) in [6.07, 6.45) is 1.68. The first-order valence-corrected chi connectivity index (χ1v) is 8.76. The van der Waals surface area contributed by atoms with Crippen molar-refractivity contribution in [2.24, 2.45) is 0 Å². The van der Waals surface area contributed by atoms with Gasteiger partial charge in [-0.15, -0.1) is 0 Å². The van der Waals surface area contributed by atoms with E-state index in [-0.39, 0.29) is 0 Å². The Hall–Kier alpha value is -0.200. The molecule has 0 aromatic carbocycles. The van der Waals surface area contributed by atoms with E-state index in [4.69, 9.17) is 0 Å². The maximum atomic E-state index is 4.50. The van der Waals surface area contributed by atoms with E-state index in [0.717, 1.165) is 12.4 Å². The zero-order chi connectivity index (χ0) is 13.0. The highest BCUT2D eigenvalue weighted by molar-refractivity contribution is 8.06. The highest BCUT2D eigenvalue weighted by atomic mass is 32.2. The number of aromatic nitrogens is 3. The van der Waals surface area contributed by atoms with Gasteiger partial charge in [0.05, 0.1) is 6.04 Å². The van der Waals surface area contributed by atoms with Gasteiger partial charge in [-0.25, -0.2) is 9.67 Å². The topological polar surface area (TPSA) is 42.7 Å². The number of hydrogen-bond acceptors (Lipinski definition) is 5. The van der Waals surface area contributed by atoms with Gasteiger partial charge >= 0.3 is 0 Å². The molecule has 1 saturated heterocycles. The largest absolute Gasteiger partial charge is 0.307 e. The molecule has 1 aliphatic rings. The van der Waals surface area contributed by atoms with Gasteiger partial charge < -0.3 is 5.32 Å². The summed E-state index contributed by atoms with van der Waals surface area (Å²) in [6.45, 7) is 7.44. The van der Waals surface area contributed by atoms with E-state index in [1.54, 1.807) is 6.33 Å². The van der Waals surface area contributed by atoms with Crippen LogP contribution in [0.3, 0.4) is 0 Å². The Morgan fingerprint density at radius 3 is 2.94 bits per heavy atom. The molecule has 6 heteroatoms. The molecule has 2 rings (SSSR count). The maximum Gasteiger partial charge on any atom is 0.145 e. The van der Waals surface area contributed by atoms with Crippen LogP contribution < -0.4 is 5.32 Å². The monoisotopic (exact) mass is 286 g/mol. The molecule has 2 unspecified atom stereocenters. The van der Waals surface area contributed by atoms with E-state index >= 15 is 0 Å². The Bertz CT molecular complexity index is 361. The van der Waals surface area contributed by atoms with Gasteiger partial charge in [-0.05, 0) is 20.4 Å². The minimum Gasteiger partial charge on any atom is -0.307 e. The van der Waals surface area contributed by atoms with E-state index in [2.05, 4.69) is 59.7 Å². The van der Waals surface area contributed by atoms with Crippen LogP contribution in [0.5, 0.6) is 0 Å². The summed E-state index contributed by atoms with van der Waals surface area (Å²) in [5, 5.41) is 8.56. The van der Waals surface area contributed by atoms with Gasteiger partial charge in [0.25, 0.3) is 0 Å². The Labute approximate surface area is 118 Å². The molecule has 1 aromatic rings. The van der Waals surface area contributed by atoms with Crippen LogP contribution in [0.1, 0.15) is 38.7 Å². The Balaban J connectivity index is 2.19. The molecule has 0 spiro atoms. The summed E-state index contributed by atoms with van der Waals surface area (Å²) in [6, 6.07) is 0.683. The third-order valence-corrected chi connectivity index (χ3v) is 5.87. The van der Waals surface area contributed by atoms with Gasteiger partial charge in [0, 0.05) is 28.6 Å². The van der Waals surface area contributed by atoms with Crippen molar-refractivity contribution in [2.75, 3.05) is 23.8 Å². The average molecular weight is 286 g/mol. The van der Waals surface area contributed by atoms with Gasteiger partial charge in [0.15, 0.2) is 0 Å². The van der Waals surface area contributed by atoms with Crippen molar-refractivity contribution in [1.29, 1.82) is 0 Å². The second-order valence-corrected chi connectivity index (χ2v) is 7.17. The third-order valence-electron chi connectivity index (χ3n) is 3.01. The third kappa shape index (κ3) is 3.22. The highest BCUT2D eigenvalue weighted by Crippen LogP contribution is 2.33. The molecule has 1 aromatic heterocycles. The fraction of sp³-hybridized carbons (Fsp3) is 0.833. The predicted molar refractivity (Wildman–Crippen MR) is 80.4 cm³/mol. The SMILES string of the molecule is CCNC(c1ncnn1C(C)C)C1CSCCS1. The van der Waals surface area contributed by atoms with Crippen LogP contribution in [-0.2, 0) is 0 Å². The molecule has 4 nitrogen and oxygen atoms in total. The molecule has 2 heterocycles. The van der Waals surface area contributed by atoms with E-state index in [0.29, 0.717) is 17.3 Å². The first-order chi connectivity index (χ1) is 8.74. The molecular weight excluding hydrogens is 264 g/mol. The second-order valence-electron chi connectivity index (χ2n) is 4.68. The quantitative estimate of drug-likeness (QED) is 0.900. The number of nitrogens with one attached hydrogen (secondary N) is 1. The molecule has 1 fully saturated rings. The molecule has 0 radical (unpaired) electrons. The number of nitrogens with zero attached hydrogens (tertiary/aromatic N) is 3. The van der Waals surface area contributed by atoms with Crippen molar-refractivity contribution in [1.82, 2.24) is 20.1 Å². The van der Waals surface area contributed by atoms with Crippen molar-refractivity contribution in [2.45, 2.75) is 38.1 Å².